The Morgan fingerprint density at radius 2 is 1.97 bits per heavy atom. The first-order valence-electron chi connectivity index (χ1n) is 11.3. The van der Waals surface area contributed by atoms with Gasteiger partial charge in [0.2, 0.25) is 5.91 Å². The summed E-state index contributed by atoms with van der Waals surface area (Å²) in [7, 11) is 0. The van der Waals surface area contributed by atoms with Crippen molar-refractivity contribution in [3.63, 3.8) is 0 Å². The Kier molecular flexibility index (Phi) is 5.52. The molecule has 6 nitrogen and oxygen atoms in total. The number of carbonyl (C=O) groups is 2. The smallest absolute Gasteiger partial charge is 0.258 e. The number of rotatable bonds is 4. The number of aryl methyl sites for hydroxylation is 2. The molecule has 0 radical (unpaired) electrons. The molecule has 6 heteroatoms. The molecule has 0 saturated carbocycles. The van der Waals surface area contributed by atoms with Crippen molar-refractivity contribution < 1.29 is 14.0 Å². The number of piperazine rings is 1. The van der Waals surface area contributed by atoms with Gasteiger partial charge < -0.3 is 14.6 Å². The molecule has 2 aliphatic rings. The van der Waals surface area contributed by atoms with Crippen molar-refractivity contribution in [2.75, 3.05) is 13.1 Å². The van der Waals surface area contributed by atoms with Gasteiger partial charge in [-0.1, -0.05) is 30.3 Å². The van der Waals surface area contributed by atoms with Crippen LogP contribution < -0.4 is 5.32 Å². The van der Waals surface area contributed by atoms with Crippen LogP contribution in [-0.2, 0) is 24.1 Å². The summed E-state index contributed by atoms with van der Waals surface area (Å²) in [4.78, 5) is 32.3. The van der Waals surface area contributed by atoms with Crippen LogP contribution >= 0.6 is 0 Å². The van der Waals surface area contributed by atoms with E-state index < -0.39 is 6.04 Å². The lowest BCUT2D eigenvalue weighted by molar-refractivity contribution is -0.127. The Morgan fingerprint density at radius 1 is 1.16 bits per heavy atom. The summed E-state index contributed by atoms with van der Waals surface area (Å²) >= 11 is 0. The summed E-state index contributed by atoms with van der Waals surface area (Å²) in [6.07, 6.45) is 7.98. The fraction of sp³-hybridized carbons (Fsp3) is 0.346. The minimum Gasteiger partial charge on any atom is -0.465 e. The molecule has 164 valence electrons. The van der Waals surface area contributed by atoms with Crippen LogP contribution in [0.25, 0.3) is 11.1 Å². The van der Waals surface area contributed by atoms with Gasteiger partial charge in [0.1, 0.15) is 17.6 Å². The zero-order chi connectivity index (χ0) is 22.1. The predicted molar refractivity (Wildman–Crippen MR) is 121 cm³/mol. The minimum atomic E-state index is -0.533. The normalized spacial score (nSPS) is 18.2. The highest BCUT2D eigenvalue weighted by molar-refractivity contribution is 6.00. The number of fused-ring (bicyclic) bond motifs is 1. The highest BCUT2D eigenvalue weighted by atomic mass is 16.3. The van der Waals surface area contributed by atoms with Crippen molar-refractivity contribution in [3.05, 3.63) is 77.0 Å². The van der Waals surface area contributed by atoms with Gasteiger partial charge in [-0.05, 0) is 48.9 Å². The molecule has 5 rings (SSSR count). The average molecular weight is 430 g/mol. The highest BCUT2D eigenvalue weighted by Gasteiger charge is 2.36. The van der Waals surface area contributed by atoms with Gasteiger partial charge in [0, 0.05) is 43.9 Å². The van der Waals surface area contributed by atoms with E-state index in [1.54, 1.807) is 11.1 Å². The van der Waals surface area contributed by atoms with Gasteiger partial charge in [-0.2, -0.15) is 0 Å². The van der Waals surface area contributed by atoms with Crippen LogP contribution in [0.15, 0.2) is 53.2 Å². The van der Waals surface area contributed by atoms with Gasteiger partial charge >= 0.3 is 0 Å². The Hall–Kier alpha value is -3.41. The second kappa shape index (κ2) is 8.61. The van der Waals surface area contributed by atoms with Gasteiger partial charge in [0.15, 0.2) is 0 Å². The Balaban J connectivity index is 1.39. The third-order valence-corrected chi connectivity index (χ3v) is 6.53. The van der Waals surface area contributed by atoms with Crippen LogP contribution in [0.4, 0.5) is 0 Å². The van der Waals surface area contributed by atoms with Crippen molar-refractivity contribution in [3.8, 4) is 11.1 Å². The number of hydrogen-bond acceptors (Lipinski definition) is 4. The molecule has 2 aromatic heterocycles. The third-order valence-electron chi connectivity index (χ3n) is 6.53. The number of pyridine rings is 1. The molecule has 1 N–H and O–H groups in total. The van der Waals surface area contributed by atoms with Crippen molar-refractivity contribution in [2.45, 2.75) is 45.1 Å². The third kappa shape index (κ3) is 3.81. The van der Waals surface area contributed by atoms with Crippen LogP contribution in [-0.4, -0.2) is 40.8 Å². The van der Waals surface area contributed by atoms with Crippen molar-refractivity contribution in [2.24, 2.45) is 0 Å². The lowest BCUT2D eigenvalue weighted by Gasteiger charge is -2.35. The molecule has 32 heavy (non-hydrogen) atoms. The van der Waals surface area contributed by atoms with E-state index in [0.717, 1.165) is 53.7 Å². The minimum absolute atomic E-state index is 0.0822. The van der Waals surface area contributed by atoms with E-state index >= 15 is 0 Å². The molecule has 2 amide bonds. The summed E-state index contributed by atoms with van der Waals surface area (Å²) in [5.41, 5.74) is 4.86. The monoisotopic (exact) mass is 429 g/mol. The fourth-order valence-corrected chi connectivity index (χ4v) is 4.88. The van der Waals surface area contributed by atoms with Crippen LogP contribution in [0.1, 0.15) is 45.8 Å². The van der Waals surface area contributed by atoms with E-state index in [1.807, 2.05) is 49.5 Å². The second-order valence-electron chi connectivity index (χ2n) is 8.59. The number of aromatic nitrogens is 1. The van der Waals surface area contributed by atoms with Crippen LogP contribution in [0.3, 0.4) is 0 Å². The molecule has 1 fully saturated rings. The Bertz CT molecular complexity index is 1140. The quantitative estimate of drug-likeness (QED) is 0.686. The van der Waals surface area contributed by atoms with Gasteiger partial charge in [0.05, 0.1) is 5.56 Å². The predicted octanol–water partition coefficient (Wildman–Crippen LogP) is 3.71. The number of nitrogens with zero attached hydrogens (tertiary/aromatic N) is 2. The van der Waals surface area contributed by atoms with E-state index in [4.69, 9.17) is 4.42 Å². The largest absolute Gasteiger partial charge is 0.465 e. The summed E-state index contributed by atoms with van der Waals surface area (Å²) in [5.74, 6) is 1.44. The molecular weight excluding hydrogens is 402 g/mol. The van der Waals surface area contributed by atoms with Crippen LogP contribution in [0, 0.1) is 6.92 Å². The second-order valence-corrected chi connectivity index (χ2v) is 8.59. The standard InChI is InChI=1S/C26H27N3O3/c1-17-24(21-6-2-3-7-23(21)32-17)26(31)29-14-13-28-25(30)22(29)15-18-8-10-19(11-9-18)20-5-4-12-27-16-20/h4-5,8-12,16,22H,2-3,6-7,13-15H2,1H3,(H,28,30)/t22-/m1/s1. The molecule has 0 spiro atoms. The number of hydrogen-bond donors (Lipinski definition) is 1. The number of carbonyl (C=O) groups excluding carboxylic acids is 2. The van der Waals surface area contributed by atoms with E-state index in [1.165, 1.54) is 0 Å². The van der Waals surface area contributed by atoms with Gasteiger partial charge in [-0.3, -0.25) is 14.6 Å². The topological polar surface area (TPSA) is 75.4 Å². The summed E-state index contributed by atoms with van der Waals surface area (Å²) < 4.78 is 5.93. The van der Waals surface area contributed by atoms with Crippen molar-refractivity contribution in [1.82, 2.24) is 15.2 Å². The van der Waals surface area contributed by atoms with Gasteiger partial charge in [-0.15, -0.1) is 0 Å². The van der Waals surface area contributed by atoms with Crippen LogP contribution in [0.5, 0.6) is 0 Å². The number of benzene rings is 1. The molecular formula is C26H27N3O3. The zero-order valence-corrected chi connectivity index (χ0v) is 18.3. The summed E-state index contributed by atoms with van der Waals surface area (Å²) in [5, 5.41) is 2.93. The van der Waals surface area contributed by atoms with E-state index in [2.05, 4.69) is 10.3 Å². The Morgan fingerprint density at radius 3 is 2.75 bits per heavy atom. The first-order chi connectivity index (χ1) is 15.6. The fourth-order valence-electron chi connectivity index (χ4n) is 4.88. The Labute approximate surface area is 187 Å². The van der Waals surface area contributed by atoms with Crippen molar-refractivity contribution in [1.29, 1.82) is 0 Å². The zero-order valence-electron chi connectivity index (χ0n) is 18.3. The first kappa shape index (κ1) is 20.5. The average Bonchev–Trinajstić information content (AvgIpc) is 3.16. The van der Waals surface area contributed by atoms with Crippen molar-refractivity contribution >= 4 is 11.8 Å². The number of nitrogens with one attached hydrogen (secondary N) is 1. The molecule has 1 aliphatic carbocycles. The van der Waals surface area contributed by atoms with Gasteiger partial charge in [-0.25, -0.2) is 0 Å². The maximum absolute atomic E-state index is 13.6. The molecule has 3 aromatic rings. The molecule has 0 bridgehead atoms. The van der Waals surface area contributed by atoms with E-state index in [9.17, 15) is 9.59 Å². The molecule has 1 atom stereocenters. The molecule has 3 heterocycles. The first-order valence-corrected chi connectivity index (χ1v) is 11.3. The molecule has 1 aromatic carbocycles. The number of furan rings is 1. The molecule has 1 aliphatic heterocycles. The van der Waals surface area contributed by atoms with Gasteiger partial charge in [0.25, 0.3) is 5.91 Å². The molecule has 1 saturated heterocycles. The maximum atomic E-state index is 13.6. The van der Waals surface area contributed by atoms with E-state index in [0.29, 0.717) is 30.8 Å². The summed E-state index contributed by atoms with van der Waals surface area (Å²) in [6.45, 7) is 2.84. The number of amides is 2. The van der Waals surface area contributed by atoms with Crippen LogP contribution in [0.2, 0.25) is 0 Å². The summed E-state index contributed by atoms with van der Waals surface area (Å²) in [6, 6.07) is 11.5. The van der Waals surface area contributed by atoms with E-state index in [-0.39, 0.29) is 11.8 Å². The highest BCUT2D eigenvalue weighted by Crippen LogP contribution is 2.31. The lowest BCUT2D eigenvalue weighted by atomic mass is 9.93. The maximum Gasteiger partial charge on any atom is 0.258 e. The SMILES string of the molecule is Cc1oc2c(c1C(=O)N1CCNC(=O)[C@H]1Cc1ccc(-c3cccnc3)cc1)CCCC2. The lowest BCUT2D eigenvalue weighted by Crippen LogP contribution is -2.58. The molecule has 0 unspecified atom stereocenters.